The van der Waals surface area contributed by atoms with E-state index in [0.717, 1.165) is 24.3 Å². The van der Waals surface area contributed by atoms with E-state index < -0.39 is 0 Å². The van der Waals surface area contributed by atoms with E-state index >= 15 is 0 Å². The Labute approximate surface area is 177 Å². The summed E-state index contributed by atoms with van der Waals surface area (Å²) in [6.07, 6.45) is 1.61. The van der Waals surface area contributed by atoms with Gasteiger partial charge in [-0.1, -0.05) is 0 Å². The van der Waals surface area contributed by atoms with E-state index in [2.05, 4.69) is 59.5 Å². The van der Waals surface area contributed by atoms with Gasteiger partial charge < -0.3 is 15.5 Å². The largest absolute Gasteiger partial charge is 0.372 e. The summed E-state index contributed by atoms with van der Waals surface area (Å²) in [6.45, 7) is 8.25. The first-order valence-electron chi connectivity index (χ1n) is 9.94. The first kappa shape index (κ1) is 20.9. The molecule has 0 radical (unpaired) electrons. The molecule has 6 heteroatoms. The number of carbonyl (C=O) groups is 1. The van der Waals surface area contributed by atoms with Gasteiger partial charge >= 0.3 is 0 Å². The van der Waals surface area contributed by atoms with Crippen LogP contribution >= 0.6 is 0 Å². The van der Waals surface area contributed by atoms with E-state index in [1.807, 2.05) is 6.07 Å². The lowest BCUT2D eigenvalue weighted by molar-refractivity contribution is 0.102. The van der Waals surface area contributed by atoms with Crippen molar-refractivity contribution in [2.45, 2.75) is 20.8 Å². The minimum absolute atomic E-state index is 0.237. The number of nitrogens with zero attached hydrogens (tertiary/aromatic N) is 3. The van der Waals surface area contributed by atoms with Crippen LogP contribution in [0.4, 0.5) is 22.9 Å². The highest BCUT2D eigenvalue weighted by molar-refractivity contribution is 6.04. The number of aromatic nitrogens is 1. The number of benzene rings is 2. The molecule has 0 aliphatic heterocycles. The molecule has 0 saturated carbocycles. The second kappa shape index (κ2) is 9.57. The lowest BCUT2D eigenvalue weighted by Gasteiger charge is -2.22. The summed E-state index contributed by atoms with van der Waals surface area (Å²) in [6, 6.07) is 18.5. The Bertz CT molecular complexity index is 1070. The Kier molecular flexibility index (Phi) is 6.66. The van der Waals surface area contributed by atoms with Crippen molar-refractivity contribution in [1.82, 2.24) is 4.98 Å². The number of nitriles is 1. The second-order valence-corrected chi connectivity index (χ2v) is 6.87. The highest BCUT2D eigenvalue weighted by Gasteiger charge is 2.10. The van der Waals surface area contributed by atoms with Gasteiger partial charge in [-0.3, -0.25) is 4.79 Å². The molecule has 0 aliphatic carbocycles. The SMILES string of the molecule is CCN(CC)c1ccc(Nc2cc(C(=O)Nc3ccc(C#N)cc3)ccn2)c(C)c1. The molecule has 3 aromatic rings. The van der Waals surface area contributed by atoms with Gasteiger partial charge in [-0.25, -0.2) is 4.98 Å². The van der Waals surface area contributed by atoms with Crippen LogP contribution < -0.4 is 15.5 Å². The van der Waals surface area contributed by atoms with Crippen molar-refractivity contribution in [3.63, 3.8) is 0 Å². The smallest absolute Gasteiger partial charge is 0.255 e. The minimum Gasteiger partial charge on any atom is -0.372 e. The van der Waals surface area contributed by atoms with Crippen LogP contribution in [0.1, 0.15) is 35.3 Å². The van der Waals surface area contributed by atoms with Crippen molar-refractivity contribution in [2.75, 3.05) is 28.6 Å². The molecule has 0 aliphatic rings. The van der Waals surface area contributed by atoms with Gasteiger partial charge in [0, 0.05) is 41.9 Å². The summed E-state index contributed by atoms with van der Waals surface area (Å²) in [5, 5.41) is 15.0. The van der Waals surface area contributed by atoms with Crippen molar-refractivity contribution in [3.05, 3.63) is 77.5 Å². The number of carbonyl (C=O) groups excluding carboxylic acids is 1. The average molecular weight is 399 g/mol. The highest BCUT2D eigenvalue weighted by Crippen LogP contribution is 2.25. The van der Waals surface area contributed by atoms with Gasteiger partial charge in [0.05, 0.1) is 11.6 Å². The van der Waals surface area contributed by atoms with Gasteiger partial charge in [-0.05, 0) is 80.9 Å². The fourth-order valence-corrected chi connectivity index (χ4v) is 3.18. The van der Waals surface area contributed by atoms with E-state index in [-0.39, 0.29) is 5.91 Å². The Balaban J connectivity index is 1.73. The van der Waals surface area contributed by atoms with Crippen LogP contribution in [-0.4, -0.2) is 24.0 Å². The third kappa shape index (κ3) is 4.95. The molecule has 152 valence electrons. The molecule has 2 N–H and O–H groups in total. The third-order valence-corrected chi connectivity index (χ3v) is 4.90. The predicted molar refractivity (Wildman–Crippen MR) is 121 cm³/mol. The molecule has 2 aromatic carbocycles. The van der Waals surface area contributed by atoms with E-state index in [1.165, 1.54) is 5.69 Å². The van der Waals surface area contributed by atoms with Crippen LogP contribution in [0.25, 0.3) is 0 Å². The maximum atomic E-state index is 12.6. The number of hydrogen-bond donors (Lipinski definition) is 2. The molecule has 0 atom stereocenters. The molecule has 1 heterocycles. The fraction of sp³-hybridized carbons (Fsp3) is 0.208. The molecule has 0 bridgehead atoms. The molecule has 1 aromatic heterocycles. The molecule has 1 amide bonds. The van der Waals surface area contributed by atoms with Gasteiger partial charge in [0.15, 0.2) is 0 Å². The van der Waals surface area contributed by atoms with E-state index in [1.54, 1.807) is 42.6 Å². The highest BCUT2D eigenvalue weighted by atomic mass is 16.1. The van der Waals surface area contributed by atoms with Crippen molar-refractivity contribution >= 4 is 28.8 Å². The molecule has 0 unspecified atom stereocenters. The Morgan fingerprint density at radius 2 is 1.80 bits per heavy atom. The number of nitrogens with one attached hydrogen (secondary N) is 2. The zero-order valence-corrected chi connectivity index (χ0v) is 17.4. The first-order chi connectivity index (χ1) is 14.5. The summed E-state index contributed by atoms with van der Waals surface area (Å²) in [7, 11) is 0. The van der Waals surface area contributed by atoms with Gasteiger partial charge in [0.25, 0.3) is 5.91 Å². The number of hydrogen-bond acceptors (Lipinski definition) is 5. The van der Waals surface area contributed by atoms with Gasteiger partial charge in [-0.2, -0.15) is 5.26 Å². The quantitative estimate of drug-likeness (QED) is 0.577. The molecule has 3 rings (SSSR count). The average Bonchev–Trinajstić information content (AvgIpc) is 2.77. The van der Waals surface area contributed by atoms with Crippen LogP contribution in [0.15, 0.2) is 60.8 Å². The van der Waals surface area contributed by atoms with Crippen molar-refractivity contribution in [3.8, 4) is 6.07 Å². The maximum absolute atomic E-state index is 12.6. The number of aryl methyl sites for hydroxylation is 1. The number of amides is 1. The zero-order valence-electron chi connectivity index (χ0n) is 17.4. The molecule has 0 saturated heterocycles. The van der Waals surface area contributed by atoms with E-state index in [4.69, 9.17) is 5.26 Å². The van der Waals surface area contributed by atoms with Crippen LogP contribution in [-0.2, 0) is 0 Å². The molecular weight excluding hydrogens is 374 g/mol. The summed E-state index contributed by atoms with van der Waals surface area (Å²) in [4.78, 5) is 19.2. The zero-order chi connectivity index (χ0) is 21.5. The maximum Gasteiger partial charge on any atom is 0.255 e. The second-order valence-electron chi connectivity index (χ2n) is 6.87. The lowest BCUT2D eigenvalue weighted by Crippen LogP contribution is -2.21. The van der Waals surface area contributed by atoms with Gasteiger partial charge in [0.2, 0.25) is 0 Å². The van der Waals surface area contributed by atoms with Gasteiger partial charge in [0.1, 0.15) is 5.82 Å². The van der Waals surface area contributed by atoms with E-state index in [9.17, 15) is 4.79 Å². The number of rotatable bonds is 7. The Morgan fingerprint density at radius 1 is 1.07 bits per heavy atom. The molecule has 30 heavy (non-hydrogen) atoms. The van der Waals surface area contributed by atoms with Crippen molar-refractivity contribution in [1.29, 1.82) is 5.26 Å². The van der Waals surface area contributed by atoms with Crippen molar-refractivity contribution < 1.29 is 4.79 Å². The standard InChI is InChI=1S/C24H25N5O/c1-4-29(5-2)21-10-11-22(17(3)14-21)28-23-15-19(12-13-26-23)24(30)27-20-8-6-18(16-25)7-9-20/h6-15H,4-5H2,1-3H3,(H,26,28)(H,27,30). The summed E-state index contributed by atoms with van der Waals surface area (Å²) in [5.41, 5.74) is 4.91. The number of pyridine rings is 1. The van der Waals surface area contributed by atoms with Crippen molar-refractivity contribution in [2.24, 2.45) is 0 Å². The Morgan fingerprint density at radius 3 is 2.43 bits per heavy atom. The topological polar surface area (TPSA) is 81.0 Å². The van der Waals surface area contributed by atoms with Crippen LogP contribution in [0.3, 0.4) is 0 Å². The predicted octanol–water partition coefficient (Wildman–Crippen LogP) is 5.10. The Hall–Kier alpha value is -3.85. The van der Waals surface area contributed by atoms with Crippen LogP contribution in [0.5, 0.6) is 0 Å². The fourth-order valence-electron chi connectivity index (χ4n) is 3.18. The molecule has 0 spiro atoms. The number of anilines is 4. The lowest BCUT2D eigenvalue weighted by atomic mass is 10.1. The third-order valence-electron chi connectivity index (χ3n) is 4.90. The molecule has 6 nitrogen and oxygen atoms in total. The summed E-state index contributed by atoms with van der Waals surface area (Å²) in [5.74, 6) is 0.361. The summed E-state index contributed by atoms with van der Waals surface area (Å²) >= 11 is 0. The minimum atomic E-state index is -0.237. The van der Waals surface area contributed by atoms with E-state index in [0.29, 0.717) is 22.6 Å². The molecular formula is C24H25N5O. The summed E-state index contributed by atoms with van der Waals surface area (Å²) < 4.78 is 0. The monoisotopic (exact) mass is 399 g/mol. The van der Waals surface area contributed by atoms with Crippen LogP contribution in [0.2, 0.25) is 0 Å². The first-order valence-corrected chi connectivity index (χ1v) is 9.94. The normalized spacial score (nSPS) is 10.2. The van der Waals surface area contributed by atoms with Gasteiger partial charge in [-0.15, -0.1) is 0 Å². The molecule has 0 fully saturated rings. The van der Waals surface area contributed by atoms with Crippen LogP contribution in [0, 0.1) is 18.3 Å².